The zero-order chi connectivity index (χ0) is 21.9. The van der Waals surface area contributed by atoms with E-state index in [9.17, 15) is 18.0 Å². The van der Waals surface area contributed by atoms with Crippen molar-refractivity contribution < 1.29 is 27.9 Å². The molecule has 0 radical (unpaired) electrons. The maximum Gasteiger partial charge on any atom is 0.341 e. The fourth-order valence-corrected chi connectivity index (χ4v) is 4.02. The average Bonchev–Trinajstić information content (AvgIpc) is 2.65. The second-order valence-electron chi connectivity index (χ2n) is 6.83. The van der Waals surface area contributed by atoms with E-state index in [1.807, 2.05) is 0 Å². The summed E-state index contributed by atoms with van der Waals surface area (Å²) in [5.41, 5.74) is 0.910. The molecule has 1 N–H and O–H groups in total. The minimum Gasteiger partial charge on any atom is -0.481 e. The van der Waals surface area contributed by atoms with Crippen LogP contribution in [0.1, 0.15) is 24.2 Å². The molecule has 2 aromatic carbocycles. The summed E-state index contributed by atoms with van der Waals surface area (Å²) in [5, 5.41) is 8.50. The third kappa shape index (κ3) is 5.07. The van der Waals surface area contributed by atoms with Crippen molar-refractivity contribution in [2.45, 2.75) is 24.0 Å². The number of ether oxygens (including phenoxy) is 1. The molecular formula is C20H22ClNO6S. The van der Waals surface area contributed by atoms with Crippen molar-refractivity contribution in [2.24, 2.45) is 0 Å². The van der Waals surface area contributed by atoms with E-state index in [1.165, 1.54) is 57.1 Å². The first-order valence-corrected chi connectivity index (χ1v) is 10.6. The van der Waals surface area contributed by atoms with E-state index < -0.39 is 33.6 Å². The standard InChI is InChI=1S/C20H22ClNO6S/c1-12(2)29(26,27)18-9-13(5-7-15(18)20(25)22(3)4)16-10-14(21)6-8-17(16)28-11-19(23)24/h5-10,12H,11H2,1-4H3,(H,23,24). The van der Waals surface area contributed by atoms with Crippen LogP contribution in [-0.4, -0.2) is 56.3 Å². The Hall–Kier alpha value is -2.58. The second-order valence-corrected chi connectivity index (χ2v) is 9.74. The third-order valence-electron chi connectivity index (χ3n) is 4.15. The lowest BCUT2D eigenvalue weighted by atomic mass is 10.0. The number of benzene rings is 2. The normalized spacial score (nSPS) is 11.4. The zero-order valence-corrected chi connectivity index (χ0v) is 18.0. The highest BCUT2D eigenvalue weighted by atomic mass is 35.5. The van der Waals surface area contributed by atoms with Crippen LogP contribution in [0.25, 0.3) is 11.1 Å². The fourth-order valence-electron chi connectivity index (χ4n) is 2.59. The Labute approximate surface area is 174 Å². The third-order valence-corrected chi connectivity index (χ3v) is 6.58. The van der Waals surface area contributed by atoms with Crippen molar-refractivity contribution in [2.75, 3.05) is 20.7 Å². The van der Waals surface area contributed by atoms with E-state index in [1.54, 1.807) is 12.1 Å². The van der Waals surface area contributed by atoms with Gasteiger partial charge in [0.2, 0.25) is 0 Å². The molecule has 0 aromatic heterocycles. The van der Waals surface area contributed by atoms with Crippen LogP contribution in [-0.2, 0) is 14.6 Å². The van der Waals surface area contributed by atoms with E-state index in [0.717, 1.165) is 0 Å². The number of carbonyl (C=O) groups excluding carboxylic acids is 1. The summed E-state index contributed by atoms with van der Waals surface area (Å²) in [6, 6.07) is 9.01. The fraction of sp³-hybridized carbons (Fsp3) is 0.300. The first kappa shape index (κ1) is 22.7. The summed E-state index contributed by atoms with van der Waals surface area (Å²) in [7, 11) is -0.704. The smallest absolute Gasteiger partial charge is 0.341 e. The molecule has 0 saturated heterocycles. The molecule has 0 heterocycles. The molecule has 0 unspecified atom stereocenters. The summed E-state index contributed by atoms with van der Waals surface area (Å²) in [5.74, 6) is -1.36. The lowest BCUT2D eigenvalue weighted by molar-refractivity contribution is -0.139. The summed E-state index contributed by atoms with van der Waals surface area (Å²) in [6.07, 6.45) is 0. The van der Waals surface area contributed by atoms with Crippen LogP contribution in [0.15, 0.2) is 41.3 Å². The summed E-state index contributed by atoms with van der Waals surface area (Å²) in [4.78, 5) is 24.6. The molecule has 0 aliphatic rings. The molecule has 1 amide bonds. The Kier molecular flexibility index (Phi) is 6.92. The highest BCUT2D eigenvalue weighted by Crippen LogP contribution is 2.35. The molecule has 29 heavy (non-hydrogen) atoms. The first-order valence-electron chi connectivity index (χ1n) is 8.69. The Morgan fingerprint density at radius 1 is 1.14 bits per heavy atom. The topological polar surface area (TPSA) is 101 Å². The summed E-state index contributed by atoms with van der Waals surface area (Å²) >= 11 is 6.08. The van der Waals surface area contributed by atoms with Crippen LogP contribution < -0.4 is 4.74 Å². The van der Waals surface area contributed by atoms with Crippen molar-refractivity contribution in [3.8, 4) is 16.9 Å². The van der Waals surface area contributed by atoms with Gasteiger partial charge in [-0.25, -0.2) is 13.2 Å². The van der Waals surface area contributed by atoms with Gasteiger partial charge in [0.15, 0.2) is 16.4 Å². The molecule has 0 fully saturated rings. The molecule has 9 heteroatoms. The Balaban J connectivity index is 2.72. The number of amides is 1. The Bertz CT molecular complexity index is 1050. The van der Waals surface area contributed by atoms with Gasteiger partial charge in [0, 0.05) is 24.7 Å². The van der Waals surface area contributed by atoms with Gasteiger partial charge in [-0.1, -0.05) is 17.7 Å². The number of carboxylic acids is 1. The number of sulfone groups is 1. The van der Waals surface area contributed by atoms with Gasteiger partial charge in [-0.05, 0) is 49.7 Å². The molecule has 2 aromatic rings. The SMILES string of the molecule is CC(C)S(=O)(=O)c1cc(-c2cc(Cl)ccc2OCC(=O)O)ccc1C(=O)N(C)C. The van der Waals surface area contributed by atoms with Gasteiger partial charge >= 0.3 is 5.97 Å². The molecule has 0 spiro atoms. The minimum absolute atomic E-state index is 0.0579. The van der Waals surface area contributed by atoms with Crippen molar-refractivity contribution in [3.63, 3.8) is 0 Å². The number of hydrogen-bond acceptors (Lipinski definition) is 5. The zero-order valence-electron chi connectivity index (χ0n) is 16.5. The number of carboxylic acid groups (broad SMARTS) is 1. The molecule has 0 aliphatic heterocycles. The second kappa shape index (κ2) is 8.84. The number of aliphatic carboxylic acids is 1. The van der Waals surface area contributed by atoms with Gasteiger partial charge in [0.05, 0.1) is 15.7 Å². The molecular weight excluding hydrogens is 418 g/mol. The maximum absolute atomic E-state index is 12.9. The van der Waals surface area contributed by atoms with Gasteiger partial charge in [0.25, 0.3) is 5.91 Å². The van der Waals surface area contributed by atoms with Crippen LogP contribution in [0.4, 0.5) is 0 Å². The molecule has 0 saturated carbocycles. The van der Waals surface area contributed by atoms with E-state index >= 15 is 0 Å². The summed E-state index contributed by atoms with van der Waals surface area (Å²) in [6.45, 7) is 2.50. The molecule has 0 atom stereocenters. The quantitative estimate of drug-likeness (QED) is 0.709. The molecule has 0 bridgehead atoms. The van der Waals surface area contributed by atoms with Crippen LogP contribution in [0.5, 0.6) is 5.75 Å². The van der Waals surface area contributed by atoms with Crippen LogP contribution in [0.2, 0.25) is 5.02 Å². The van der Waals surface area contributed by atoms with E-state index in [-0.39, 0.29) is 16.2 Å². The number of hydrogen-bond donors (Lipinski definition) is 1. The monoisotopic (exact) mass is 439 g/mol. The minimum atomic E-state index is -3.78. The molecule has 2 rings (SSSR count). The predicted octanol–water partition coefficient (Wildman–Crippen LogP) is 3.35. The number of nitrogens with zero attached hydrogens (tertiary/aromatic N) is 1. The summed E-state index contributed by atoms with van der Waals surface area (Å²) < 4.78 is 31.2. The maximum atomic E-state index is 12.9. The molecule has 0 aliphatic carbocycles. The van der Waals surface area contributed by atoms with Crippen LogP contribution in [0, 0.1) is 0 Å². The number of rotatable bonds is 7. The Morgan fingerprint density at radius 2 is 1.79 bits per heavy atom. The Morgan fingerprint density at radius 3 is 2.34 bits per heavy atom. The van der Waals surface area contributed by atoms with E-state index in [0.29, 0.717) is 16.1 Å². The number of halogens is 1. The average molecular weight is 440 g/mol. The van der Waals surface area contributed by atoms with Gasteiger partial charge in [-0.2, -0.15) is 0 Å². The van der Waals surface area contributed by atoms with Gasteiger partial charge < -0.3 is 14.7 Å². The van der Waals surface area contributed by atoms with Crippen LogP contribution in [0.3, 0.4) is 0 Å². The van der Waals surface area contributed by atoms with Gasteiger partial charge in [-0.15, -0.1) is 0 Å². The van der Waals surface area contributed by atoms with Crippen molar-refractivity contribution in [3.05, 3.63) is 47.0 Å². The van der Waals surface area contributed by atoms with Crippen molar-refractivity contribution >= 4 is 33.3 Å². The molecule has 7 nitrogen and oxygen atoms in total. The lowest BCUT2D eigenvalue weighted by Crippen LogP contribution is -2.25. The van der Waals surface area contributed by atoms with E-state index in [2.05, 4.69) is 0 Å². The predicted molar refractivity (Wildman–Crippen MR) is 110 cm³/mol. The van der Waals surface area contributed by atoms with Crippen molar-refractivity contribution in [1.29, 1.82) is 0 Å². The van der Waals surface area contributed by atoms with E-state index in [4.69, 9.17) is 21.4 Å². The van der Waals surface area contributed by atoms with Gasteiger partial charge in [0.1, 0.15) is 5.75 Å². The van der Waals surface area contributed by atoms with Crippen molar-refractivity contribution in [1.82, 2.24) is 4.90 Å². The number of carbonyl (C=O) groups is 2. The molecule has 156 valence electrons. The van der Waals surface area contributed by atoms with Crippen LogP contribution >= 0.6 is 11.6 Å². The largest absolute Gasteiger partial charge is 0.481 e. The lowest BCUT2D eigenvalue weighted by Gasteiger charge is -2.18. The van der Waals surface area contributed by atoms with Gasteiger partial charge in [-0.3, -0.25) is 4.79 Å². The highest BCUT2D eigenvalue weighted by Gasteiger charge is 2.27. The highest BCUT2D eigenvalue weighted by molar-refractivity contribution is 7.92. The first-order chi connectivity index (χ1) is 13.4.